The standard InChI is InChI=1S/C22H40N/c1-4-6-7-8-9-10-11-12-13-14-15-16-19-23-20-22(5-2)18-17-21(23)3/h17-18,20H,4-16,19H2,1-3H3/q+1. The van der Waals surface area contributed by atoms with Gasteiger partial charge in [0.25, 0.3) is 0 Å². The van der Waals surface area contributed by atoms with Crippen LogP contribution in [0.1, 0.15) is 102 Å². The van der Waals surface area contributed by atoms with Crippen molar-refractivity contribution in [3.8, 4) is 0 Å². The summed E-state index contributed by atoms with van der Waals surface area (Å²) < 4.78 is 2.44. The Balaban J connectivity index is 1.95. The van der Waals surface area contributed by atoms with Crippen molar-refractivity contribution in [3.63, 3.8) is 0 Å². The molecule has 1 nitrogen and oxygen atoms in total. The molecule has 0 saturated heterocycles. The molecule has 1 aromatic heterocycles. The van der Waals surface area contributed by atoms with Gasteiger partial charge in [-0.1, -0.05) is 78.1 Å². The van der Waals surface area contributed by atoms with E-state index in [9.17, 15) is 0 Å². The van der Waals surface area contributed by atoms with Gasteiger partial charge >= 0.3 is 0 Å². The summed E-state index contributed by atoms with van der Waals surface area (Å²) in [4.78, 5) is 0. The molecule has 0 spiro atoms. The zero-order valence-electron chi connectivity index (χ0n) is 16.1. The molecule has 0 radical (unpaired) electrons. The Morgan fingerprint density at radius 1 is 0.696 bits per heavy atom. The number of nitrogens with zero attached hydrogens (tertiary/aromatic N) is 1. The van der Waals surface area contributed by atoms with E-state index in [-0.39, 0.29) is 0 Å². The van der Waals surface area contributed by atoms with Crippen molar-refractivity contribution in [3.05, 3.63) is 29.6 Å². The monoisotopic (exact) mass is 318 g/mol. The molecule has 0 atom stereocenters. The molecule has 0 aromatic carbocycles. The number of aromatic nitrogens is 1. The maximum Gasteiger partial charge on any atom is 0.178 e. The molecule has 0 aliphatic rings. The zero-order chi connectivity index (χ0) is 16.8. The van der Waals surface area contributed by atoms with Crippen LogP contribution < -0.4 is 4.57 Å². The summed E-state index contributed by atoms with van der Waals surface area (Å²) in [5.41, 5.74) is 2.85. The number of aryl methyl sites for hydroxylation is 3. The molecule has 0 amide bonds. The Morgan fingerprint density at radius 2 is 1.22 bits per heavy atom. The normalized spacial score (nSPS) is 11.1. The maximum atomic E-state index is 2.44. The minimum atomic E-state index is 1.14. The van der Waals surface area contributed by atoms with Crippen molar-refractivity contribution >= 4 is 0 Å². The van der Waals surface area contributed by atoms with Crippen molar-refractivity contribution in [1.29, 1.82) is 0 Å². The summed E-state index contributed by atoms with van der Waals surface area (Å²) in [6.45, 7) is 7.94. The molecule has 0 aliphatic heterocycles. The van der Waals surface area contributed by atoms with Gasteiger partial charge in [-0.25, -0.2) is 4.57 Å². The molecule has 0 bridgehead atoms. The van der Waals surface area contributed by atoms with Crippen LogP contribution in [0.25, 0.3) is 0 Å². The van der Waals surface area contributed by atoms with Crippen LogP contribution in [0.5, 0.6) is 0 Å². The first kappa shape index (κ1) is 20.2. The highest BCUT2D eigenvalue weighted by Gasteiger charge is 2.06. The van der Waals surface area contributed by atoms with Crippen LogP contribution in [0.2, 0.25) is 0 Å². The van der Waals surface area contributed by atoms with Gasteiger partial charge in [0, 0.05) is 25.0 Å². The van der Waals surface area contributed by atoms with Gasteiger partial charge in [-0.3, -0.25) is 0 Å². The van der Waals surface area contributed by atoms with Gasteiger partial charge in [-0.2, -0.15) is 0 Å². The van der Waals surface area contributed by atoms with Crippen LogP contribution in [-0.4, -0.2) is 0 Å². The van der Waals surface area contributed by atoms with E-state index >= 15 is 0 Å². The number of hydrogen-bond acceptors (Lipinski definition) is 0. The van der Waals surface area contributed by atoms with Crippen molar-refractivity contribution in [2.75, 3.05) is 0 Å². The fourth-order valence-corrected chi connectivity index (χ4v) is 3.24. The van der Waals surface area contributed by atoms with Crippen molar-refractivity contribution in [1.82, 2.24) is 0 Å². The van der Waals surface area contributed by atoms with Gasteiger partial charge in [0.1, 0.15) is 6.54 Å². The smallest absolute Gasteiger partial charge is 0.178 e. The van der Waals surface area contributed by atoms with Crippen LogP contribution in [0.15, 0.2) is 18.3 Å². The predicted octanol–water partition coefficient (Wildman–Crippen LogP) is 6.55. The molecule has 1 rings (SSSR count). The largest absolute Gasteiger partial charge is 0.202 e. The van der Waals surface area contributed by atoms with Gasteiger partial charge in [-0.15, -0.1) is 0 Å². The first-order valence-electron chi connectivity index (χ1n) is 10.3. The molecule has 0 N–H and O–H groups in total. The lowest BCUT2D eigenvalue weighted by Gasteiger charge is -2.04. The van der Waals surface area contributed by atoms with Crippen LogP contribution in [0.3, 0.4) is 0 Å². The van der Waals surface area contributed by atoms with Crippen LogP contribution in [0.4, 0.5) is 0 Å². The predicted molar refractivity (Wildman–Crippen MR) is 102 cm³/mol. The Kier molecular flexibility index (Phi) is 11.9. The minimum absolute atomic E-state index is 1.14. The van der Waals surface area contributed by atoms with E-state index in [2.05, 4.69) is 43.7 Å². The van der Waals surface area contributed by atoms with E-state index in [1.807, 2.05) is 0 Å². The highest BCUT2D eigenvalue weighted by molar-refractivity contribution is 5.08. The molecular formula is C22H40N+. The fraction of sp³-hybridized carbons (Fsp3) is 0.773. The fourth-order valence-electron chi connectivity index (χ4n) is 3.24. The molecular weight excluding hydrogens is 278 g/mol. The number of pyridine rings is 1. The summed E-state index contributed by atoms with van der Waals surface area (Å²) in [6, 6.07) is 4.52. The Hall–Kier alpha value is -0.850. The molecule has 0 fully saturated rings. The quantitative estimate of drug-likeness (QED) is 0.270. The minimum Gasteiger partial charge on any atom is -0.202 e. The number of hydrogen-bond donors (Lipinski definition) is 0. The van der Waals surface area contributed by atoms with E-state index < -0.39 is 0 Å². The van der Waals surface area contributed by atoms with Crippen LogP contribution in [-0.2, 0) is 13.0 Å². The second-order valence-corrected chi connectivity index (χ2v) is 7.11. The van der Waals surface area contributed by atoms with Gasteiger partial charge in [0.2, 0.25) is 0 Å². The van der Waals surface area contributed by atoms with Crippen LogP contribution >= 0.6 is 0 Å². The van der Waals surface area contributed by atoms with Crippen molar-refractivity contribution in [2.24, 2.45) is 0 Å². The van der Waals surface area contributed by atoms with E-state index in [0.29, 0.717) is 0 Å². The number of unbranched alkanes of at least 4 members (excludes halogenated alkanes) is 11. The summed E-state index contributed by atoms with van der Waals surface area (Å²) in [6.07, 6.45) is 20.6. The zero-order valence-corrected chi connectivity index (χ0v) is 16.1. The van der Waals surface area contributed by atoms with E-state index in [0.717, 1.165) is 6.42 Å². The van der Waals surface area contributed by atoms with Gasteiger partial charge in [0.05, 0.1) is 0 Å². The lowest BCUT2D eigenvalue weighted by molar-refractivity contribution is -0.703. The van der Waals surface area contributed by atoms with Crippen LogP contribution in [0, 0.1) is 6.92 Å². The second-order valence-electron chi connectivity index (χ2n) is 7.11. The molecule has 0 saturated carbocycles. The van der Waals surface area contributed by atoms with Gasteiger partial charge in [0.15, 0.2) is 11.9 Å². The second kappa shape index (κ2) is 13.6. The maximum absolute atomic E-state index is 2.44. The SMILES string of the molecule is CCCCCCCCCCCCCC[n+]1cc(CC)ccc1C. The van der Waals surface area contributed by atoms with E-state index in [1.54, 1.807) is 0 Å². The average molecular weight is 319 g/mol. The first-order chi connectivity index (χ1) is 11.3. The molecule has 23 heavy (non-hydrogen) atoms. The molecule has 1 heteroatoms. The van der Waals surface area contributed by atoms with E-state index in [4.69, 9.17) is 0 Å². The third-order valence-electron chi connectivity index (χ3n) is 4.97. The Morgan fingerprint density at radius 3 is 1.74 bits per heavy atom. The summed E-state index contributed by atoms with van der Waals surface area (Å²) in [5.74, 6) is 0. The molecule has 0 aliphatic carbocycles. The average Bonchev–Trinajstić information content (AvgIpc) is 2.57. The highest BCUT2D eigenvalue weighted by atomic mass is 14.9. The van der Waals surface area contributed by atoms with Crippen molar-refractivity contribution < 1.29 is 4.57 Å². The first-order valence-corrected chi connectivity index (χ1v) is 10.3. The Bertz CT molecular complexity index is 397. The molecule has 1 aromatic rings. The lowest BCUT2D eigenvalue weighted by Crippen LogP contribution is -2.37. The van der Waals surface area contributed by atoms with Gasteiger partial charge in [-0.05, 0) is 18.9 Å². The highest BCUT2D eigenvalue weighted by Crippen LogP contribution is 2.12. The summed E-state index contributed by atoms with van der Waals surface area (Å²) in [7, 11) is 0. The lowest BCUT2D eigenvalue weighted by atomic mass is 10.1. The third-order valence-corrected chi connectivity index (χ3v) is 4.97. The van der Waals surface area contributed by atoms with Gasteiger partial charge < -0.3 is 0 Å². The molecule has 0 unspecified atom stereocenters. The topological polar surface area (TPSA) is 3.88 Å². The Labute approximate surface area is 145 Å². The van der Waals surface area contributed by atoms with Crippen molar-refractivity contribution in [2.45, 2.75) is 111 Å². The van der Waals surface area contributed by atoms with E-state index in [1.165, 1.54) is 94.9 Å². The summed E-state index contributed by atoms with van der Waals surface area (Å²) >= 11 is 0. The number of rotatable bonds is 14. The molecule has 1 heterocycles. The summed E-state index contributed by atoms with van der Waals surface area (Å²) in [5, 5.41) is 0. The third kappa shape index (κ3) is 9.79. The molecule has 132 valence electrons.